The Kier molecular flexibility index (Phi) is 4.81. The van der Waals surface area contributed by atoms with Gasteiger partial charge in [-0.2, -0.15) is 0 Å². The van der Waals surface area contributed by atoms with E-state index in [-0.39, 0.29) is 12.5 Å². The topological polar surface area (TPSA) is 72.6 Å². The lowest BCUT2D eigenvalue weighted by molar-refractivity contribution is -0.120. The minimum atomic E-state index is -0.572. The van der Waals surface area contributed by atoms with Gasteiger partial charge in [0.15, 0.2) is 6.61 Å². The number of fused-ring (bicyclic) bond motifs is 2. The Labute approximate surface area is 163 Å². The number of nitrogens with two attached hydrogens (primary N) is 1. The molecular formula is C23H20N2O3. The van der Waals surface area contributed by atoms with Gasteiger partial charge in [-0.25, -0.2) is 4.79 Å². The highest BCUT2D eigenvalue weighted by molar-refractivity contribution is 6.04. The number of para-hydroxylation sites is 2. The van der Waals surface area contributed by atoms with Crippen LogP contribution in [0.2, 0.25) is 0 Å². The van der Waals surface area contributed by atoms with Gasteiger partial charge < -0.3 is 10.5 Å². The Morgan fingerprint density at radius 3 is 2.07 bits per heavy atom. The Balaban J connectivity index is 1.61. The maximum absolute atomic E-state index is 13.1. The number of hydrogen-bond donors (Lipinski definition) is 1. The fraction of sp³-hybridized carbons (Fsp3) is 0.130. The van der Waals surface area contributed by atoms with E-state index in [9.17, 15) is 9.59 Å². The molecule has 0 unspecified atom stereocenters. The number of nitrogen functional groups attached to an aromatic ring is 1. The predicted octanol–water partition coefficient (Wildman–Crippen LogP) is 3.89. The zero-order chi connectivity index (χ0) is 19.5. The average Bonchev–Trinajstić information content (AvgIpc) is 2.88. The minimum absolute atomic E-state index is 0.293. The molecule has 0 fully saturated rings. The Hall–Kier alpha value is -3.60. The van der Waals surface area contributed by atoms with E-state index in [4.69, 9.17) is 10.5 Å². The predicted molar refractivity (Wildman–Crippen MR) is 109 cm³/mol. The summed E-state index contributed by atoms with van der Waals surface area (Å²) >= 11 is 0. The third-order valence-electron chi connectivity index (χ3n) is 4.83. The van der Waals surface area contributed by atoms with Crippen molar-refractivity contribution in [3.8, 4) is 0 Å². The summed E-state index contributed by atoms with van der Waals surface area (Å²) < 4.78 is 5.28. The fourth-order valence-electron chi connectivity index (χ4n) is 3.49. The summed E-state index contributed by atoms with van der Waals surface area (Å²) in [7, 11) is 0. The lowest BCUT2D eigenvalue weighted by atomic mass is 10.0. The third-order valence-corrected chi connectivity index (χ3v) is 4.83. The molecule has 0 spiro atoms. The van der Waals surface area contributed by atoms with Crippen molar-refractivity contribution in [2.45, 2.75) is 12.8 Å². The van der Waals surface area contributed by atoms with Gasteiger partial charge in [-0.1, -0.05) is 42.5 Å². The molecule has 0 aliphatic carbocycles. The molecule has 0 saturated heterocycles. The number of anilines is 3. The van der Waals surface area contributed by atoms with Gasteiger partial charge in [0.05, 0.1) is 16.9 Å². The van der Waals surface area contributed by atoms with E-state index < -0.39 is 5.97 Å². The molecule has 140 valence electrons. The Morgan fingerprint density at radius 2 is 1.46 bits per heavy atom. The first-order valence-electron chi connectivity index (χ1n) is 9.15. The van der Waals surface area contributed by atoms with E-state index in [2.05, 4.69) is 0 Å². The molecule has 3 aromatic rings. The highest BCUT2D eigenvalue weighted by Crippen LogP contribution is 2.35. The molecule has 0 bridgehead atoms. The van der Waals surface area contributed by atoms with Crippen molar-refractivity contribution in [1.29, 1.82) is 0 Å². The van der Waals surface area contributed by atoms with Crippen molar-refractivity contribution in [1.82, 2.24) is 0 Å². The number of benzene rings is 3. The summed E-state index contributed by atoms with van der Waals surface area (Å²) in [5, 5.41) is 0. The van der Waals surface area contributed by atoms with Crippen molar-refractivity contribution in [2.75, 3.05) is 17.2 Å². The third kappa shape index (κ3) is 3.47. The van der Waals surface area contributed by atoms with Crippen LogP contribution < -0.4 is 10.6 Å². The summed E-state index contributed by atoms with van der Waals surface area (Å²) in [6.45, 7) is -0.351. The normalized spacial score (nSPS) is 12.5. The van der Waals surface area contributed by atoms with Gasteiger partial charge in [-0.3, -0.25) is 9.69 Å². The summed E-state index contributed by atoms with van der Waals surface area (Å²) in [6.07, 6.45) is 1.69. The van der Waals surface area contributed by atoms with E-state index in [1.807, 2.05) is 48.5 Å². The van der Waals surface area contributed by atoms with Gasteiger partial charge in [0, 0.05) is 5.69 Å². The first-order chi connectivity index (χ1) is 13.6. The lowest BCUT2D eigenvalue weighted by Crippen LogP contribution is -2.31. The van der Waals surface area contributed by atoms with Crippen LogP contribution in [0.5, 0.6) is 0 Å². The molecule has 3 aromatic carbocycles. The number of aryl methyl sites for hydroxylation is 2. The molecule has 28 heavy (non-hydrogen) atoms. The van der Waals surface area contributed by atoms with Crippen LogP contribution in [0.3, 0.4) is 0 Å². The number of hydrogen-bond acceptors (Lipinski definition) is 4. The highest BCUT2D eigenvalue weighted by atomic mass is 16.5. The van der Waals surface area contributed by atoms with Crippen LogP contribution >= 0.6 is 0 Å². The van der Waals surface area contributed by atoms with Crippen LogP contribution in [0.15, 0.2) is 72.8 Å². The number of ether oxygens (including phenoxy) is 1. The number of carbonyl (C=O) groups excluding carboxylic acids is 2. The number of amides is 1. The highest BCUT2D eigenvalue weighted by Gasteiger charge is 2.26. The maximum atomic E-state index is 13.1. The second kappa shape index (κ2) is 7.56. The number of nitrogens with zero attached hydrogens (tertiary/aromatic N) is 1. The summed E-state index contributed by atoms with van der Waals surface area (Å²) in [4.78, 5) is 27.1. The average molecular weight is 372 g/mol. The molecule has 0 aromatic heterocycles. The van der Waals surface area contributed by atoms with Crippen molar-refractivity contribution in [3.05, 3.63) is 89.5 Å². The van der Waals surface area contributed by atoms with Crippen molar-refractivity contribution >= 4 is 28.9 Å². The van der Waals surface area contributed by atoms with Gasteiger partial charge in [0.1, 0.15) is 0 Å². The summed E-state index contributed by atoms with van der Waals surface area (Å²) in [5.74, 6) is -0.865. The first-order valence-corrected chi connectivity index (χ1v) is 9.15. The van der Waals surface area contributed by atoms with Crippen LogP contribution in [0.25, 0.3) is 0 Å². The summed E-state index contributed by atoms with van der Waals surface area (Å²) in [6, 6.07) is 22.2. The second-order valence-corrected chi connectivity index (χ2v) is 6.69. The molecule has 2 N–H and O–H groups in total. The second-order valence-electron chi connectivity index (χ2n) is 6.69. The van der Waals surface area contributed by atoms with Crippen LogP contribution in [0.4, 0.5) is 17.1 Å². The van der Waals surface area contributed by atoms with E-state index in [0.29, 0.717) is 11.3 Å². The lowest BCUT2D eigenvalue weighted by Gasteiger charge is -2.24. The van der Waals surface area contributed by atoms with Gasteiger partial charge in [-0.15, -0.1) is 0 Å². The fourth-order valence-corrected chi connectivity index (χ4v) is 3.49. The Bertz CT molecular complexity index is 998. The molecule has 1 aliphatic heterocycles. The number of rotatable bonds is 3. The monoisotopic (exact) mass is 372 g/mol. The van der Waals surface area contributed by atoms with Crippen LogP contribution in [0, 0.1) is 0 Å². The molecule has 0 radical (unpaired) electrons. The largest absolute Gasteiger partial charge is 0.452 e. The summed E-state index contributed by atoms with van der Waals surface area (Å²) in [5.41, 5.74) is 10.3. The molecular weight excluding hydrogens is 352 g/mol. The molecule has 0 saturated carbocycles. The van der Waals surface area contributed by atoms with Crippen LogP contribution in [-0.4, -0.2) is 18.5 Å². The molecule has 1 amide bonds. The van der Waals surface area contributed by atoms with Crippen molar-refractivity contribution < 1.29 is 14.3 Å². The van der Waals surface area contributed by atoms with Crippen molar-refractivity contribution in [3.63, 3.8) is 0 Å². The van der Waals surface area contributed by atoms with Crippen LogP contribution in [-0.2, 0) is 22.4 Å². The number of carbonyl (C=O) groups is 2. The molecule has 0 atom stereocenters. The molecule has 1 heterocycles. The maximum Gasteiger partial charge on any atom is 0.338 e. The van der Waals surface area contributed by atoms with Gasteiger partial charge in [0.25, 0.3) is 5.91 Å². The van der Waals surface area contributed by atoms with Crippen LogP contribution in [0.1, 0.15) is 21.5 Å². The van der Waals surface area contributed by atoms with E-state index in [1.54, 1.807) is 23.1 Å². The van der Waals surface area contributed by atoms with E-state index in [0.717, 1.165) is 35.3 Å². The van der Waals surface area contributed by atoms with Gasteiger partial charge in [-0.05, 0) is 54.3 Å². The quantitative estimate of drug-likeness (QED) is 0.559. The zero-order valence-electron chi connectivity index (χ0n) is 15.3. The Morgan fingerprint density at radius 1 is 0.857 bits per heavy atom. The molecule has 1 aliphatic rings. The first kappa shape index (κ1) is 17.8. The smallest absolute Gasteiger partial charge is 0.338 e. The van der Waals surface area contributed by atoms with E-state index >= 15 is 0 Å². The number of esters is 1. The standard InChI is InChI=1S/C23H20N2O3/c24-19-9-5-8-18(14-19)23(27)28-15-22(26)25-20-10-3-1-6-16(20)12-13-17-7-2-4-11-21(17)25/h1-11,14H,12-13,15,24H2. The zero-order valence-corrected chi connectivity index (χ0v) is 15.3. The SMILES string of the molecule is Nc1cccc(C(=O)OCC(=O)N2c3ccccc3CCc3ccccc32)c1. The van der Waals surface area contributed by atoms with Crippen molar-refractivity contribution in [2.24, 2.45) is 0 Å². The minimum Gasteiger partial charge on any atom is -0.452 e. The molecule has 5 nitrogen and oxygen atoms in total. The van der Waals surface area contributed by atoms with Gasteiger partial charge >= 0.3 is 5.97 Å². The van der Waals surface area contributed by atoms with Gasteiger partial charge in [0.2, 0.25) is 0 Å². The molecule has 5 heteroatoms. The van der Waals surface area contributed by atoms with E-state index in [1.165, 1.54) is 6.07 Å². The molecule has 4 rings (SSSR count).